The Labute approximate surface area is 192 Å². The number of halogens is 1. The molecule has 8 heteroatoms. The lowest BCUT2D eigenvalue weighted by Crippen LogP contribution is -2.23. The third kappa shape index (κ3) is 4.60. The smallest absolute Gasteiger partial charge is 0.262 e. The summed E-state index contributed by atoms with van der Waals surface area (Å²) in [5.74, 6) is 0.461. The van der Waals surface area contributed by atoms with E-state index in [-0.39, 0.29) is 11.1 Å². The van der Waals surface area contributed by atoms with Crippen LogP contribution in [0.15, 0.2) is 61.8 Å². The minimum atomic E-state index is -0.110. The van der Waals surface area contributed by atoms with Gasteiger partial charge in [0, 0.05) is 29.0 Å². The topological polar surface area (TPSA) is 69.3 Å². The molecule has 0 amide bonds. The molecule has 4 aromatic rings. The van der Waals surface area contributed by atoms with Crippen molar-refractivity contribution in [2.75, 3.05) is 0 Å². The molecule has 0 spiro atoms. The average molecular weight is 499 g/mol. The molecule has 0 saturated carbocycles. The summed E-state index contributed by atoms with van der Waals surface area (Å²) in [6.45, 7) is 4.70. The van der Waals surface area contributed by atoms with Crippen molar-refractivity contribution in [3.05, 3.63) is 79.0 Å². The molecule has 6 nitrogen and oxygen atoms in total. The Bertz CT molecular complexity index is 1380. The standard InChI is InChI=1S/C23H23BrN4O2S/c1-3-4-5-10-28-22(30)18-12-16(24)8-9-19(18)26-23(28)31-14-17-13-20(29)27-11-6-7-15(2)21(27)25-17/h6-9,11-13H,3-5,10,14H2,1-2H3. The van der Waals surface area contributed by atoms with Crippen LogP contribution in [-0.4, -0.2) is 18.9 Å². The van der Waals surface area contributed by atoms with Gasteiger partial charge in [-0.15, -0.1) is 0 Å². The first kappa shape index (κ1) is 21.8. The zero-order valence-corrected chi connectivity index (χ0v) is 19.9. The first-order valence-corrected chi connectivity index (χ1v) is 12.1. The predicted octanol–water partition coefficient (Wildman–Crippen LogP) is 4.96. The van der Waals surface area contributed by atoms with Crippen molar-refractivity contribution < 1.29 is 0 Å². The number of aryl methyl sites for hydroxylation is 1. The van der Waals surface area contributed by atoms with Gasteiger partial charge in [0.2, 0.25) is 0 Å². The summed E-state index contributed by atoms with van der Waals surface area (Å²) >= 11 is 4.89. The molecule has 0 aliphatic heterocycles. The fourth-order valence-electron chi connectivity index (χ4n) is 3.52. The molecule has 0 unspecified atom stereocenters. The van der Waals surface area contributed by atoms with Crippen LogP contribution in [-0.2, 0) is 12.3 Å². The van der Waals surface area contributed by atoms with Crippen molar-refractivity contribution in [3.8, 4) is 0 Å². The van der Waals surface area contributed by atoms with Crippen molar-refractivity contribution in [1.29, 1.82) is 0 Å². The molecular formula is C23H23BrN4O2S. The van der Waals surface area contributed by atoms with Gasteiger partial charge in [0.25, 0.3) is 11.1 Å². The molecule has 0 fully saturated rings. The Hall–Kier alpha value is -2.45. The summed E-state index contributed by atoms with van der Waals surface area (Å²) < 4.78 is 4.17. The second-order valence-electron chi connectivity index (χ2n) is 7.48. The largest absolute Gasteiger partial charge is 0.287 e. The molecular weight excluding hydrogens is 476 g/mol. The van der Waals surface area contributed by atoms with Crippen LogP contribution in [0, 0.1) is 6.92 Å². The van der Waals surface area contributed by atoms with Crippen molar-refractivity contribution >= 4 is 44.2 Å². The number of hydrogen-bond acceptors (Lipinski definition) is 5. The van der Waals surface area contributed by atoms with Crippen molar-refractivity contribution in [2.45, 2.75) is 50.6 Å². The minimum Gasteiger partial charge on any atom is -0.287 e. The van der Waals surface area contributed by atoms with E-state index in [1.807, 2.05) is 37.3 Å². The molecule has 31 heavy (non-hydrogen) atoms. The van der Waals surface area contributed by atoms with E-state index in [2.05, 4.69) is 27.8 Å². The molecule has 0 N–H and O–H groups in total. The average Bonchev–Trinajstić information content (AvgIpc) is 2.75. The van der Waals surface area contributed by atoms with Crippen molar-refractivity contribution in [1.82, 2.24) is 18.9 Å². The number of thioether (sulfide) groups is 1. The Morgan fingerprint density at radius 2 is 1.94 bits per heavy atom. The van der Waals surface area contributed by atoms with Crippen molar-refractivity contribution in [2.24, 2.45) is 0 Å². The quantitative estimate of drug-likeness (QED) is 0.204. The lowest BCUT2D eigenvalue weighted by Gasteiger charge is -2.13. The lowest BCUT2D eigenvalue weighted by molar-refractivity contribution is 0.541. The number of rotatable bonds is 7. The molecule has 1 aromatic carbocycles. The van der Waals surface area contributed by atoms with E-state index in [9.17, 15) is 9.59 Å². The van der Waals surface area contributed by atoms with Crippen LogP contribution in [0.4, 0.5) is 0 Å². The van der Waals surface area contributed by atoms with Gasteiger partial charge in [-0.05, 0) is 43.2 Å². The van der Waals surface area contributed by atoms with Gasteiger partial charge in [-0.1, -0.05) is 53.5 Å². The van der Waals surface area contributed by atoms with Gasteiger partial charge in [0.1, 0.15) is 5.65 Å². The first-order valence-electron chi connectivity index (χ1n) is 10.3. The van der Waals surface area contributed by atoms with Gasteiger partial charge in [-0.2, -0.15) is 0 Å². The zero-order chi connectivity index (χ0) is 22.0. The molecule has 0 aliphatic carbocycles. The van der Waals surface area contributed by atoms with Gasteiger partial charge in [0.15, 0.2) is 5.16 Å². The van der Waals surface area contributed by atoms with Crippen molar-refractivity contribution in [3.63, 3.8) is 0 Å². The summed E-state index contributed by atoms with van der Waals surface area (Å²) in [7, 11) is 0. The maximum atomic E-state index is 13.2. The van der Waals surface area contributed by atoms with Gasteiger partial charge < -0.3 is 0 Å². The van der Waals surface area contributed by atoms with Crippen LogP contribution < -0.4 is 11.1 Å². The fourth-order valence-corrected chi connectivity index (χ4v) is 4.80. The zero-order valence-electron chi connectivity index (χ0n) is 17.5. The molecule has 4 rings (SSSR count). The molecule has 0 radical (unpaired) electrons. The summed E-state index contributed by atoms with van der Waals surface area (Å²) in [6, 6.07) is 10.9. The number of fused-ring (bicyclic) bond motifs is 2. The van der Waals surface area contributed by atoms with E-state index in [1.54, 1.807) is 21.2 Å². The summed E-state index contributed by atoms with van der Waals surface area (Å²) in [5.41, 5.74) is 2.80. The Morgan fingerprint density at radius 3 is 2.74 bits per heavy atom. The van der Waals surface area contributed by atoms with E-state index < -0.39 is 0 Å². The van der Waals surface area contributed by atoms with E-state index >= 15 is 0 Å². The van der Waals surface area contributed by atoms with Gasteiger partial charge in [-0.3, -0.25) is 18.6 Å². The Kier molecular flexibility index (Phi) is 6.57. The number of benzene rings is 1. The third-order valence-electron chi connectivity index (χ3n) is 5.15. The number of aromatic nitrogens is 4. The first-order chi connectivity index (χ1) is 15.0. The Morgan fingerprint density at radius 1 is 1.10 bits per heavy atom. The molecule has 0 bridgehead atoms. The van der Waals surface area contributed by atoms with E-state index in [4.69, 9.17) is 4.98 Å². The number of unbranched alkanes of at least 4 members (excludes halogenated alkanes) is 2. The predicted molar refractivity (Wildman–Crippen MR) is 129 cm³/mol. The number of hydrogen-bond donors (Lipinski definition) is 0. The van der Waals surface area contributed by atoms with Crippen LogP contribution in [0.2, 0.25) is 0 Å². The molecule has 0 saturated heterocycles. The number of nitrogens with zero attached hydrogens (tertiary/aromatic N) is 4. The second kappa shape index (κ2) is 9.36. The number of pyridine rings is 1. The normalized spacial score (nSPS) is 11.5. The van der Waals surface area contributed by atoms with Crippen LogP contribution in [0.1, 0.15) is 37.4 Å². The molecule has 0 atom stereocenters. The van der Waals surface area contributed by atoms with Gasteiger partial charge in [-0.25, -0.2) is 9.97 Å². The maximum Gasteiger partial charge on any atom is 0.262 e. The molecule has 3 aromatic heterocycles. The van der Waals surface area contributed by atoms with Crippen LogP contribution in [0.3, 0.4) is 0 Å². The second-order valence-corrected chi connectivity index (χ2v) is 9.34. The highest BCUT2D eigenvalue weighted by Crippen LogP contribution is 2.23. The van der Waals surface area contributed by atoms with Crippen LogP contribution in [0.5, 0.6) is 0 Å². The summed E-state index contributed by atoms with van der Waals surface area (Å²) in [6.07, 6.45) is 4.77. The summed E-state index contributed by atoms with van der Waals surface area (Å²) in [4.78, 5) is 35.1. The molecule has 3 heterocycles. The SMILES string of the molecule is CCCCCn1c(SCc2cc(=O)n3cccc(C)c3n2)nc2ccc(Br)cc2c1=O. The highest BCUT2D eigenvalue weighted by molar-refractivity contribution is 9.10. The van der Waals surface area contributed by atoms with E-state index in [0.29, 0.717) is 39.7 Å². The van der Waals surface area contributed by atoms with Gasteiger partial charge in [0.05, 0.1) is 16.6 Å². The lowest BCUT2D eigenvalue weighted by atomic mass is 10.2. The summed E-state index contributed by atoms with van der Waals surface area (Å²) in [5, 5.41) is 1.26. The minimum absolute atomic E-state index is 0.0349. The fraction of sp³-hybridized carbons (Fsp3) is 0.304. The highest BCUT2D eigenvalue weighted by atomic mass is 79.9. The van der Waals surface area contributed by atoms with E-state index in [0.717, 1.165) is 29.3 Å². The highest BCUT2D eigenvalue weighted by Gasteiger charge is 2.13. The van der Waals surface area contributed by atoms with E-state index in [1.165, 1.54) is 11.8 Å². The third-order valence-corrected chi connectivity index (χ3v) is 6.66. The molecule has 160 valence electrons. The van der Waals surface area contributed by atoms with Crippen LogP contribution >= 0.6 is 27.7 Å². The molecule has 0 aliphatic rings. The van der Waals surface area contributed by atoms with Crippen LogP contribution in [0.25, 0.3) is 16.6 Å². The van der Waals surface area contributed by atoms with Gasteiger partial charge >= 0.3 is 0 Å². The monoisotopic (exact) mass is 498 g/mol. The maximum absolute atomic E-state index is 13.2. The Balaban J connectivity index is 1.72.